The smallest absolute Gasteiger partial charge is 0.265 e. The minimum atomic E-state index is -0.266. The van der Waals surface area contributed by atoms with E-state index in [1.165, 1.54) is 32.7 Å². The van der Waals surface area contributed by atoms with Gasteiger partial charge in [-0.05, 0) is 55.7 Å². The van der Waals surface area contributed by atoms with E-state index in [2.05, 4.69) is 24.6 Å². The van der Waals surface area contributed by atoms with Crippen molar-refractivity contribution in [1.29, 1.82) is 0 Å². The van der Waals surface area contributed by atoms with Crippen molar-refractivity contribution in [2.45, 2.75) is 27.3 Å². The molecule has 0 bridgehead atoms. The number of aromatic nitrogens is 2. The van der Waals surface area contributed by atoms with Crippen LogP contribution in [0.15, 0.2) is 60.2 Å². The van der Waals surface area contributed by atoms with Gasteiger partial charge < -0.3 is 9.64 Å². The highest BCUT2D eigenvalue weighted by Gasteiger charge is 2.26. The molecule has 1 aliphatic heterocycles. The first-order valence-electron chi connectivity index (χ1n) is 11.6. The van der Waals surface area contributed by atoms with Gasteiger partial charge in [0.15, 0.2) is 12.4 Å². The lowest BCUT2D eigenvalue weighted by atomic mass is 9.99. The van der Waals surface area contributed by atoms with Crippen LogP contribution in [0.4, 0.5) is 5.69 Å². The van der Waals surface area contributed by atoms with Crippen LogP contribution in [0.25, 0.3) is 21.3 Å². The van der Waals surface area contributed by atoms with Crippen molar-refractivity contribution in [3.63, 3.8) is 0 Å². The standard InChI is InChI=1S/C28H25N3O4S/c1-5-10-31-21-12-19(8-9-23(21)35-14-24(31)33)22(32)13-30-15-29-27-26(28(30)34)25(18(4)36-27)20-7-6-16(2)17(3)11-20/h5-9,11-12,15H,1,10,13-14H2,2-4H3. The van der Waals surface area contributed by atoms with Crippen LogP contribution >= 0.6 is 11.3 Å². The maximum Gasteiger partial charge on any atom is 0.265 e. The van der Waals surface area contributed by atoms with Crippen LogP contribution in [-0.4, -0.2) is 34.4 Å². The number of benzene rings is 2. The molecule has 3 heterocycles. The summed E-state index contributed by atoms with van der Waals surface area (Å²) in [6, 6.07) is 11.1. The molecule has 182 valence electrons. The van der Waals surface area contributed by atoms with E-state index >= 15 is 0 Å². The second-order valence-electron chi connectivity index (χ2n) is 8.88. The van der Waals surface area contributed by atoms with E-state index in [0.717, 1.165) is 21.6 Å². The van der Waals surface area contributed by atoms with E-state index in [1.54, 1.807) is 24.3 Å². The fraction of sp³-hybridized carbons (Fsp3) is 0.214. The molecule has 0 saturated carbocycles. The number of Topliss-reactive ketones (excluding diaryl/α,β-unsaturated/α-hetero) is 1. The molecule has 0 N–H and O–H groups in total. The average molecular weight is 500 g/mol. The number of fused-ring (bicyclic) bond motifs is 2. The zero-order chi connectivity index (χ0) is 25.6. The Kier molecular flexibility index (Phi) is 6.05. The summed E-state index contributed by atoms with van der Waals surface area (Å²) in [5, 5.41) is 0.526. The molecule has 0 spiro atoms. The van der Waals surface area contributed by atoms with Crippen LogP contribution in [0, 0.1) is 20.8 Å². The molecular formula is C28H25N3O4S. The Labute approximate surface area is 212 Å². The quantitative estimate of drug-likeness (QED) is 0.280. The van der Waals surface area contributed by atoms with Gasteiger partial charge in [-0.3, -0.25) is 19.0 Å². The first kappa shape index (κ1) is 23.7. The fourth-order valence-electron chi connectivity index (χ4n) is 4.45. The van der Waals surface area contributed by atoms with E-state index in [4.69, 9.17) is 4.74 Å². The van der Waals surface area contributed by atoms with Crippen molar-refractivity contribution in [3.8, 4) is 16.9 Å². The predicted molar refractivity (Wildman–Crippen MR) is 142 cm³/mol. The molecule has 1 amide bonds. The van der Waals surface area contributed by atoms with E-state index in [1.807, 2.05) is 26.0 Å². The van der Waals surface area contributed by atoms with Crippen LogP contribution in [0.2, 0.25) is 0 Å². The van der Waals surface area contributed by atoms with Gasteiger partial charge in [-0.25, -0.2) is 4.98 Å². The fourth-order valence-corrected chi connectivity index (χ4v) is 5.45. The minimum Gasteiger partial charge on any atom is -0.482 e. The Morgan fingerprint density at radius 2 is 1.94 bits per heavy atom. The molecule has 8 heteroatoms. The number of anilines is 1. The van der Waals surface area contributed by atoms with Gasteiger partial charge in [0.25, 0.3) is 11.5 Å². The summed E-state index contributed by atoms with van der Waals surface area (Å²) in [4.78, 5) is 46.8. The summed E-state index contributed by atoms with van der Waals surface area (Å²) in [6.45, 7) is 9.87. The van der Waals surface area contributed by atoms with E-state index in [-0.39, 0.29) is 30.4 Å². The lowest BCUT2D eigenvalue weighted by molar-refractivity contribution is -0.121. The number of nitrogens with zero attached hydrogens (tertiary/aromatic N) is 3. The van der Waals surface area contributed by atoms with Gasteiger partial charge >= 0.3 is 0 Å². The van der Waals surface area contributed by atoms with E-state index in [0.29, 0.717) is 33.8 Å². The van der Waals surface area contributed by atoms with Crippen molar-refractivity contribution in [3.05, 3.63) is 87.3 Å². The molecule has 36 heavy (non-hydrogen) atoms. The average Bonchev–Trinajstić information content (AvgIpc) is 3.20. The zero-order valence-corrected chi connectivity index (χ0v) is 21.1. The van der Waals surface area contributed by atoms with Crippen molar-refractivity contribution >= 4 is 38.9 Å². The summed E-state index contributed by atoms with van der Waals surface area (Å²) in [5.41, 5.74) is 4.79. The molecule has 7 nitrogen and oxygen atoms in total. The first-order chi connectivity index (χ1) is 17.3. The Bertz CT molecular complexity index is 1620. The number of aryl methyl sites for hydroxylation is 3. The summed E-state index contributed by atoms with van der Waals surface area (Å²) in [5.74, 6) is 0.0573. The van der Waals surface area contributed by atoms with Gasteiger partial charge in [-0.1, -0.05) is 24.3 Å². The molecule has 1 aliphatic rings. The lowest BCUT2D eigenvalue weighted by Gasteiger charge is -2.28. The molecule has 0 fully saturated rings. The van der Waals surface area contributed by atoms with Crippen molar-refractivity contribution < 1.29 is 14.3 Å². The van der Waals surface area contributed by atoms with Crippen LogP contribution in [-0.2, 0) is 11.3 Å². The minimum absolute atomic E-state index is 0.0574. The first-order valence-corrected chi connectivity index (χ1v) is 12.4. The lowest BCUT2D eigenvalue weighted by Crippen LogP contribution is -2.39. The summed E-state index contributed by atoms with van der Waals surface area (Å²) in [7, 11) is 0. The number of amides is 1. The van der Waals surface area contributed by atoms with Crippen LogP contribution in [0.3, 0.4) is 0 Å². The molecule has 5 rings (SSSR count). The summed E-state index contributed by atoms with van der Waals surface area (Å²) >= 11 is 1.47. The highest BCUT2D eigenvalue weighted by atomic mass is 32.1. The molecular weight excluding hydrogens is 474 g/mol. The van der Waals surface area contributed by atoms with Gasteiger partial charge in [0.2, 0.25) is 0 Å². The Balaban J connectivity index is 1.52. The topological polar surface area (TPSA) is 81.5 Å². The maximum atomic E-state index is 13.6. The van der Waals surface area contributed by atoms with Crippen LogP contribution in [0.1, 0.15) is 26.4 Å². The molecule has 0 atom stereocenters. The number of thiophene rings is 1. The van der Waals surface area contributed by atoms with Crippen molar-refractivity contribution in [1.82, 2.24) is 9.55 Å². The predicted octanol–water partition coefficient (Wildman–Crippen LogP) is 4.84. The molecule has 4 aromatic rings. The summed E-state index contributed by atoms with van der Waals surface area (Å²) < 4.78 is 6.86. The van der Waals surface area contributed by atoms with Gasteiger partial charge in [-0.15, -0.1) is 17.9 Å². The number of rotatable bonds is 6. The van der Waals surface area contributed by atoms with Gasteiger partial charge in [0.1, 0.15) is 10.6 Å². The Morgan fingerprint density at radius 1 is 1.14 bits per heavy atom. The number of carbonyl (C=O) groups is 2. The molecule has 0 saturated heterocycles. The molecule has 0 radical (unpaired) electrons. The van der Waals surface area contributed by atoms with Crippen LogP contribution in [0.5, 0.6) is 5.75 Å². The summed E-state index contributed by atoms with van der Waals surface area (Å²) in [6.07, 6.45) is 3.05. The number of ether oxygens (including phenoxy) is 1. The second kappa shape index (κ2) is 9.20. The third kappa shape index (κ3) is 4.03. The molecule has 0 unspecified atom stereocenters. The number of hydrogen-bond acceptors (Lipinski definition) is 6. The Morgan fingerprint density at radius 3 is 2.69 bits per heavy atom. The monoisotopic (exact) mass is 499 g/mol. The third-order valence-corrected chi connectivity index (χ3v) is 7.51. The molecule has 2 aromatic carbocycles. The maximum absolute atomic E-state index is 13.6. The highest BCUT2D eigenvalue weighted by Crippen LogP contribution is 2.36. The number of hydrogen-bond donors (Lipinski definition) is 0. The van der Waals surface area contributed by atoms with Gasteiger partial charge in [-0.2, -0.15) is 0 Å². The number of ketones is 1. The largest absolute Gasteiger partial charge is 0.482 e. The molecule has 0 aliphatic carbocycles. The van der Waals surface area contributed by atoms with Gasteiger partial charge in [0.05, 0.1) is 23.9 Å². The third-order valence-electron chi connectivity index (χ3n) is 6.50. The van der Waals surface area contributed by atoms with Crippen molar-refractivity contribution in [2.75, 3.05) is 18.1 Å². The van der Waals surface area contributed by atoms with E-state index < -0.39 is 0 Å². The van der Waals surface area contributed by atoms with Crippen LogP contribution < -0.4 is 15.2 Å². The normalized spacial score (nSPS) is 13.0. The van der Waals surface area contributed by atoms with E-state index in [9.17, 15) is 14.4 Å². The van der Waals surface area contributed by atoms with Gasteiger partial charge in [0, 0.05) is 22.5 Å². The second-order valence-corrected chi connectivity index (χ2v) is 10.1. The zero-order valence-electron chi connectivity index (χ0n) is 20.3. The number of carbonyl (C=O) groups excluding carboxylic acids is 2. The van der Waals surface area contributed by atoms with Crippen molar-refractivity contribution in [2.24, 2.45) is 0 Å². The Hall–Kier alpha value is -4.04. The SMILES string of the molecule is C=CCN1C(=O)COc2ccc(C(=O)Cn3cnc4sc(C)c(-c5ccc(C)c(C)c5)c4c3=O)cc21. The molecule has 2 aromatic heterocycles. The highest BCUT2D eigenvalue weighted by molar-refractivity contribution is 7.19.